The average molecular weight is 453 g/mol. The van der Waals surface area contributed by atoms with Gasteiger partial charge in [-0.3, -0.25) is 14.8 Å². The third-order valence-electron chi connectivity index (χ3n) is 5.94. The molecule has 168 valence electrons. The number of H-pyrrole nitrogens is 1. The summed E-state index contributed by atoms with van der Waals surface area (Å²) in [6.45, 7) is 1.82. The summed E-state index contributed by atoms with van der Waals surface area (Å²) in [5.41, 5.74) is 5.67. The van der Waals surface area contributed by atoms with E-state index in [0.29, 0.717) is 28.5 Å². The molecule has 0 bridgehead atoms. The van der Waals surface area contributed by atoms with Crippen LogP contribution >= 0.6 is 0 Å². The summed E-state index contributed by atoms with van der Waals surface area (Å²) in [4.78, 5) is 15.3. The van der Waals surface area contributed by atoms with E-state index in [9.17, 15) is 4.79 Å². The van der Waals surface area contributed by atoms with Gasteiger partial charge in [0.1, 0.15) is 40.9 Å². The highest BCUT2D eigenvalue weighted by molar-refractivity contribution is 6.11. The highest BCUT2D eigenvalue weighted by Crippen LogP contribution is 2.45. The van der Waals surface area contributed by atoms with Gasteiger partial charge in [-0.1, -0.05) is 22.4 Å². The molecule has 1 unspecified atom stereocenters. The van der Waals surface area contributed by atoms with Crippen LogP contribution in [0.15, 0.2) is 76.0 Å². The third-order valence-corrected chi connectivity index (χ3v) is 5.94. The van der Waals surface area contributed by atoms with E-state index in [1.165, 1.54) is 6.26 Å². The number of aryl methyl sites for hydroxylation is 1. The molecule has 0 saturated carbocycles. The Morgan fingerprint density at radius 2 is 1.76 bits per heavy atom. The number of hydrogen-bond acceptors (Lipinski definition) is 7. The van der Waals surface area contributed by atoms with Gasteiger partial charge < -0.3 is 13.8 Å². The van der Waals surface area contributed by atoms with Gasteiger partial charge in [-0.15, -0.1) is 0 Å². The number of carbonyl (C=O) groups is 1. The summed E-state index contributed by atoms with van der Waals surface area (Å²) in [5.74, 6) is 1.21. The van der Waals surface area contributed by atoms with Gasteiger partial charge in [0.2, 0.25) is 0 Å². The number of rotatable bonds is 5. The number of anilines is 1. The summed E-state index contributed by atoms with van der Waals surface area (Å²) in [6.07, 6.45) is 1.52. The Labute approximate surface area is 193 Å². The second-order valence-electron chi connectivity index (χ2n) is 7.96. The van der Waals surface area contributed by atoms with Crippen molar-refractivity contribution in [2.75, 3.05) is 12.0 Å². The summed E-state index contributed by atoms with van der Waals surface area (Å²) in [7, 11) is 1.62. The summed E-state index contributed by atoms with van der Waals surface area (Å²) >= 11 is 0. The van der Waals surface area contributed by atoms with Crippen LogP contribution in [0.25, 0.3) is 22.5 Å². The fraction of sp³-hybridized carbons (Fsp3) is 0.120. The van der Waals surface area contributed by atoms with E-state index in [1.807, 2.05) is 61.5 Å². The first-order valence-corrected chi connectivity index (χ1v) is 10.6. The average Bonchev–Trinajstić information content (AvgIpc) is 3.66. The number of aromatic amines is 1. The van der Waals surface area contributed by atoms with Gasteiger partial charge in [0.05, 0.1) is 12.8 Å². The molecule has 4 heterocycles. The Bertz CT molecular complexity index is 1470. The maximum absolute atomic E-state index is 13.6. The van der Waals surface area contributed by atoms with Crippen LogP contribution in [0.4, 0.5) is 5.69 Å². The van der Waals surface area contributed by atoms with Crippen molar-refractivity contribution in [3.8, 4) is 28.3 Å². The van der Waals surface area contributed by atoms with Crippen molar-refractivity contribution in [2.24, 2.45) is 0 Å². The van der Waals surface area contributed by atoms with Crippen LogP contribution in [0, 0.1) is 6.92 Å². The normalized spacial score (nSPS) is 15.1. The molecule has 6 rings (SSSR count). The second-order valence-corrected chi connectivity index (χ2v) is 7.96. The number of carbonyl (C=O) groups excluding carboxylic acids is 1. The van der Waals surface area contributed by atoms with E-state index in [-0.39, 0.29) is 5.91 Å². The van der Waals surface area contributed by atoms with Crippen molar-refractivity contribution in [1.29, 1.82) is 0 Å². The summed E-state index contributed by atoms with van der Waals surface area (Å²) < 4.78 is 15.6. The van der Waals surface area contributed by atoms with Gasteiger partial charge in [-0.25, -0.2) is 0 Å². The molecule has 0 aliphatic carbocycles. The van der Waals surface area contributed by atoms with E-state index < -0.39 is 6.04 Å². The van der Waals surface area contributed by atoms with Crippen molar-refractivity contribution < 1.29 is 18.6 Å². The summed E-state index contributed by atoms with van der Waals surface area (Å²) in [6, 6.07) is 18.3. The Morgan fingerprint density at radius 1 is 1.00 bits per heavy atom. The molecule has 0 fully saturated rings. The predicted molar refractivity (Wildman–Crippen MR) is 122 cm³/mol. The lowest BCUT2D eigenvalue weighted by Gasteiger charge is -2.24. The van der Waals surface area contributed by atoms with Crippen molar-refractivity contribution in [3.05, 3.63) is 89.6 Å². The first kappa shape index (κ1) is 20.0. The number of methoxy groups -OCH3 is 1. The maximum Gasteiger partial charge on any atom is 0.277 e. The standard InChI is InChI=1S/C25H19N5O4/c1-14-13-20(29-34-14)24-21-22(16-5-9-18(32-2)10-6-16)26-27-23(21)25(31)30(24)17-7-3-15(4-8-17)19-11-12-33-28-19/h3-13,24H,1-2H3,(H,26,27). The third kappa shape index (κ3) is 3.09. The van der Waals surface area contributed by atoms with Gasteiger partial charge in [0.15, 0.2) is 0 Å². The molecule has 1 atom stereocenters. The number of nitrogens with zero attached hydrogens (tertiary/aromatic N) is 4. The molecule has 0 radical (unpaired) electrons. The van der Waals surface area contributed by atoms with Crippen LogP contribution in [-0.4, -0.2) is 33.5 Å². The highest BCUT2D eigenvalue weighted by atomic mass is 16.5. The topological polar surface area (TPSA) is 110 Å². The molecule has 2 aromatic carbocycles. The molecule has 1 aliphatic heterocycles. The van der Waals surface area contributed by atoms with Crippen molar-refractivity contribution in [1.82, 2.24) is 20.5 Å². The molecule has 9 nitrogen and oxygen atoms in total. The molecular weight excluding hydrogens is 434 g/mol. The van der Waals surface area contributed by atoms with E-state index in [1.54, 1.807) is 18.1 Å². The van der Waals surface area contributed by atoms with Gasteiger partial charge in [-0.05, 0) is 43.3 Å². The number of ether oxygens (including phenoxy) is 1. The van der Waals surface area contributed by atoms with Gasteiger partial charge in [-0.2, -0.15) is 5.10 Å². The maximum atomic E-state index is 13.6. The molecular formula is C25H19N5O4. The number of aromatic nitrogens is 4. The number of benzene rings is 2. The molecule has 0 saturated heterocycles. The Balaban J connectivity index is 1.47. The SMILES string of the molecule is COc1ccc(-c2n[nH]c3c2C(c2cc(C)on2)N(c2ccc(-c4ccon4)cc2)C3=O)cc1. The second kappa shape index (κ2) is 7.73. The smallest absolute Gasteiger partial charge is 0.277 e. The number of hydrogen-bond donors (Lipinski definition) is 1. The fourth-order valence-corrected chi connectivity index (χ4v) is 4.33. The molecule has 5 aromatic rings. The monoisotopic (exact) mass is 453 g/mol. The number of nitrogens with one attached hydrogen (secondary N) is 1. The van der Waals surface area contributed by atoms with Crippen LogP contribution < -0.4 is 9.64 Å². The molecule has 1 N–H and O–H groups in total. The Morgan fingerprint density at radius 3 is 2.41 bits per heavy atom. The Hall–Kier alpha value is -4.66. The minimum absolute atomic E-state index is 0.192. The fourth-order valence-electron chi connectivity index (χ4n) is 4.33. The minimum Gasteiger partial charge on any atom is -0.497 e. The first-order valence-electron chi connectivity index (χ1n) is 10.6. The van der Waals surface area contributed by atoms with Gasteiger partial charge >= 0.3 is 0 Å². The molecule has 0 spiro atoms. The molecule has 3 aromatic heterocycles. The Kier molecular flexibility index (Phi) is 4.54. The first-order chi connectivity index (χ1) is 16.6. The van der Waals surface area contributed by atoms with Crippen LogP contribution in [0.2, 0.25) is 0 Å². The van der Waals surface area contributed by atoms with E-state index in [4.69, 9.17) is 13.8 Å². The molecule has 9 heteroatoms. The number of fused-ring (bicyclic) bond motifs is 1. The lowest BCUT2D eigenvalue weighted by atomic mass is 9.99. The molecule has 1 aliphatic rings. The van der Waals surface area contributed by atoms with E-state index in [2.05, 4.69) is 20.5 Å². The van der Waals surface area contributed by atoms with Crippen LogP contribution in [0.1, 0.15) is 33.5 Å². The van der Waals surface area contributed by atoms with E-state index in [0.717, 1.165) is 28.1 Å². The zero-order valence-corrected chi connectivity index (χ0v) is 18.4. The zero-order chi connectivity index (χ0) is 23.2. The van der Waals surface area contributed by atoms with E-state index >= 15 is 0 Å². The van der Waals surface area contributed by atoms with Gasteiger partial charge in [0.25, 0.3) is 5.91 Å². The minimum atomic E-state index is -0.506. The van der Waals surface area contributed by atoms with Crippen molar-refractivity contribution >= 4 is 11.6 Å². The number of amides is 1. The van der Waals surface area contributed by atoms with Gasteiger partial charge in [0, 0.05) is 34.5 Å². The van der Waals surface area contributed by atoms with Crippen molar-refractivity contribution in [3.63, 3.8) is 0 Å². The van der Waals surface area contributed by atoms with Crippen LogP contribution in [0.3, 0.4) is 0 Å². The zero-order valence-electron chi connectivity index (χ0n) is 18.4. The lowest BCUT2D eigenvalue weighted by molar-refractivity contribution is 0.0988. The summed E-state index contributed by atoms with van der Waals surface area (Å²) in [5, 5.41) is 15.7. The van der Waals surface area contributed by atoms with Crippen LogP contribution in [-0.2, 0) is 0 Å². The molecule has 1 amide bonds. The molecule has 34 heavy (non-hydrogen) atoms. The van der Waals surface area contributed by atoms with Crippen LogP contribution in [0.5, 0.6) is 5.75 Å². The lowest BCUT2D eigenvalue weighted by Crippen LogP contribution is -2.29. The quantitative estimate of drug-likeness (QED) is 0.407. The predicted octanol–water partition coefficient (Wildman–Crippen LogP) is 4.79. The van der Waals surface area contributed by atoms with Crippen molar-refractivity contribution in [2.45, 2.75) is 13.0 Å². The largest absolute Gasteiger partial charge is 0.497 e. The highest BCUT2D eigenvalue weighted by Gasteiger charge is 2.44.